The molecule has 2 N–H and O–H groups in total. The van der Waals surface area contributed by atoms with Gasteiger partial charge in [-0.05, 0) is 24.7 Å². The Morgan fingerprint density at radius 1 is 1.17 bits per heavy atom. The molecule has 160 valence electrons. The average Bonchev–Trinajstić information content (AvgIpc) is 2.74. The Kier molecular flexibility index (Phi) is 7.15. The molecule has 1 saturated heterocycles. The number of piperazine rings is 1. The van der Waals surface area contributed by atoms with E-state index in [1.807, 2.05) is 0 Å². The summed E-state index contributed by atoms with van der Waals surface area (Å²) in [7, 11) is 1.62. The Hall–Kier alpha value is -3.24. The van der Waals surface area contributed by atoms with Crippen molar-refractivity contribution in [1.82, 2.24) is 14.8 Å². The zero-order valence-corrected chi connectivity index (χ0v) is 17.1. The number of nitrogens with one attached hydrogen (secondary N) is 2. The van der Waals surface area contributed by atoms with Crippen molar-refractivity contribution < 1.29 is 14.5 Å². The van der Waals surface area contributed by atoms with Gasteiger partial charge in [-0.25, -0.2) is 4.98 Å². The minimum atomic E-state index is -0.475. The Morgan fingerprint density at radius 2 is 1.87 bits per heavy atom. The molecule has 1 aliphatic heterocycles. The summed E-state index contributed by atoms with van der Waals surface area (Å²) in [4.78, 5) is 31.7. The molecule has 3 rings (SSSR count). The summed E-state index contributed by atoms with van der Waals surface area (Å²) in [6.07, 6.45) is 1.52. The minimum absolute atomic E-state index is 0.0826. The van der Waals surface area contributed by atoms with Crippen molar-refractivity contribution in [2.75, 3.05) is 56.9 Å². The molecule has 1 aromatic heterocycles. The van der Waals surface area contributed by atoms with Crippen LogP contribution in [-0.4, -0.2) is 71.9 Å². The van der Waals surface area contributed by atoms with Crippen LogP contribution >= 0.6 is 0 Å². The van der Waals surface area contributed by atoms with E-state index in [1.54, 1.807) is 31.3 Å². The van der Waals surface area contributed by atoms with Gasteiger partial charge in [-0.2, -0.15) is 0 Å². The molecule has 10 nitrogen and oxygen atoms in total. The number of hydrogen-bond acceptors (Lipinski definition) is 8. The molecule has 0 aliphatic carbocycles. The zero-order valence-electron chi connectivity index (χ0n) is 17.1. The van der Waals surface area contributed by atoms with Crippen LogP contribution in [0.25, 0.3) is 0 Å². The highest BCUT2D eigenvalue weighted by Crippen LogP contribution is 2.31. The molecule has 0 saturated carbocycles. The van der Waals surface area contributed by atoms with Crippen LogP contribution in [0.15, 0.2) is 36.5 Å². The van der Waals surface area contributed by atoms with Gasteiger partial charge in [-0.3, -0.25) is 19.8 Å². The maximum absolute atomic E-state index is 12.4. The topological polar surface area (TPSA) is 113 Å². The average molecular weight is 414 g/mol. The van der Waals surface area contributed by atoms with Gasteiger partial charge in [0.25, 0.3) is 5.69 Å². The van der Waals surface area contributed by atoms with Crippen LogP contribution in [0, 0.1) is 10.1 Å². The molecule has 1 aliphatic rings. The Morgan fingerprint density at radius 3 is 2.53 bits per heavy atom. The second-order valence-corrected chi connectivity index (χ2v) is 6.92. The number of carbonyl (C=O) groups is 1. The smallest absolute Gasteiger partial charge is 0.296 e. The highest BCUT2D eigenvalue weighted by Gasteiger charge is 2.18. The number of anilines is 2. The van der Waals surface area contributed by atoms with E-state index in [0.717, 1.165) is 32.7 Å². The molecule has 2 heterocycles. The summed E-state index contributed by atoms with van der Waals surface area (Å²) < 4.78 is 5.73. The number of nitrogens with zero attached hydrogens (tertiary/aromatic N) is 4. The van der Waals surface area contributed by atoms with Gasteiger partial charge in [0.05, 0.1) is 17.5 Å². The minimum Gasteiger partial charge on any atom is -0.457 e. The Bertz CT molecular complexity index is 899. The van der Waals surface area contributed by atoms with Crippen LogP contribution in [0.3, 0.4) is 0 Å². The fraction of sp³-hybridized carbons (Fsp3) is 0.400. The van der Waals surface area contributed by atoms with Crippen LogP contribution < -0.4 is 15.4 Å². The number of hydrogen-bond donors (Lipinski definition) is 2. The number of pyridine rings is 1. The van der Waals surface area contributed by atoms with E-state index in [2.05, 4.69) is 32.3 Å². The normalized spacial score (nSPS) is 14.9. The third-order valence-corrected chi connectivity index (χ3v) is 4.95. The molecule has 30 heavy (non-hydrogen) atoms. The van der Waals surface area contributed by atoms with E-state index in [0.29, 0.717) is 29.5 Å². The summed E-state index contributed by atoms with van der Waals surface area (Å²) in [6.45, 7) is 7.11. The maximum Gasteiger partial charge on any atom is 0.296 e. The molecule has 1 aromatic carbocycles. The molecular formula is C20H26N6O4. The van der Waals surface area contributed by atoms with Gasteiger partial charge in [-0.15, -0.1) is 0 Å². The van der Waals surface area contributed by atoms with Crippen molar-refractivity contribution in [1.29, 1.82) is 0 Å². The summed E-state index contributed by atoms with van der Waals surface area (Å²) >= 11 is 0. The van der Waals surface area contributed by atoms with E-state index in [-0.39, 0.29) is 11.6 Å². The summed E-state index contributed by atoms with van der Waals surface area (Å²) in [5.41, 5.74) is 0.315. The third kappa shape index (κ3) is 5.65. The first-order chi connectivity index (χ1) is 14.5. The number of nitro benzene ring substituents is 1. The first-order valence-corrected chi connectivity index (χ1v) is 9.83. The second kappa shape index (κ2) is 9.99. The van der Waals surface area contributed by atoms with Gasteiger partial charge >= 0.3 is 0 Å². The lowest BCUT2D eigenvalue weighted by molar-refractivity contribution is -0.384. The highest BCUT2D eigenvalue weighted by molar-refractivity contribution is 5.91. The van der Waals surface area contributed by atoms with E-state index < -0.39 is 4.92 Å². The quantitative estimate of drug-likeness (QED) is 0.500. The second-order valence-electron chi connectivity index (χ2n) is 6.92. The molecule has 0 unspecified atom stereocenters. The standard InChI is InChI=1S/C20H26N6O4/c1-3-24-8-10-25(11-9-24)14-20(27)23-19-13-16(6-7-22-19)30-15-4-5-17(21-2)18(12-15)26(28)29/h4-7,12-13,21H,3,8-11,14H2,1-2H3,(H,22,23,27). The van der Waals surface area contributed by atoms with Gasteiger partial charge < -0.3 is 20.3 Å². The van der Waals surface area contributed by atoms with E-state index >= 15 is 0 Å². The predicted molar refractivity (Wildman–Crippen MR) is 114 cm³/mol. The number of ether oxygens (including phenoxy) is 1. The summed E-state index contributed by atoms with van der Waals surface area (Å²) in [6, 6.07) is 7.77. The van der Waals surface area contributed by atoms with Crippen LogP contribution in [0.2, 0.25) is 0 Å². The fourth-order valence-electron chi connectivity index (χ4n) is 3.27. The summed E-state index contributed by atoms with van der Waals surface area (Å²) in [5, 5.41) is 16.8. The van der Waals surface area contributed by atoms with E-state index in [4.69, 9.17) is 4.74 Å². The van der Waals surface area contributed by atoms with Gasteiger partial charge in [0.15, 0.2) is 0 Å². The number of nitro groups is 1. The molecule has 0 atom stereocenters. The van der Waals surface area contributed by atoms with Crippen molar-refractivity contribution in [3.05, 3.63) is 46.6 Å². The monoisotopic (exact) mass is 414 g/mol. The van der Waals surface area contributed by atoms with Crippen LogP contribution in [-0.2, 0) is 4.79 Å². The zero-order chi connectivity index (χ0) is 21.5. The fourth-order valence-corrected chi connectivity index (χ4v) is 3.27. The number of aromatic nitrogens is 1. The number of carbonyl (C=O) groups excluding carboxylic acids is 1. The van der Waals surface area contributed by atoms with Gasteiger partial charge in [0, 0.05) is 45.5 Å². The number of benzene rings is 1. The lowest BCUT2D eigenvalue weighted by Gasteiger charge is -2.33. The van der Waals surface area contributed by atoms with Gasteiger partial charge in [0.2, 0.25) is 5.91 Å². The molecule has 1 fully saturated rings. The van der Waals surface area contributed by atoms with Crippen LogP contribution in [0.1, 0.15) is 6.92 Å². The summed E-state index contributed by atoms with van der Waals surface area (Å²) in [5.74, 6) is 0.964. The first kappa shape index (κ1) is 21.5. The van der Waals surface area contributed by atoms with Crippen molar-refractivity contribution in [3.8, 4) is 11.5 Å². The van der Waals surface area contributed by atoms with Gasteiger partial charge in [0.1, 0.15) is 23.0 Å². The lowest BCUT2D eigenvalue weighted by Crippen LogP contribution is -2.48. The number of likely N-dealkylation sites (N-methyl/N-ethyl adjacent to an activating group) is 1. The Labute approximate surface area is 175 Å². The Balaban J connectivity index is 1.60. The van der Waals surface area contributed by atoms with Crippen molar-refractivity contribution in [3.63, 3.8) is 0 Å². The van der Waals surface area contributed by atoms with Gasteiger partial charge in [-0.1, -0.05) is 6.92 Å². The first-order valence-electron chi connectivity index (χ1n) is 9.83. The lowest BCUT2D eigenvalue weighted by atomic mass is 10.2. The molecule has 0 radical (unpaired) electrons. The number of amides is 1. The molecule has 0 spiro atoms. The largest absolute Gasteiger partial charge is 0.457 e. The molecule has 10 heteroatoms. The molecule has 0 bridgehead atoms. The maximum atomic E-state index is 12.4. The highest BCUT2D eigenvalue weighted by atomic mass is 16.6. The van der Waals surface area contributed by atoms with Crippen molar-refractivity contribution in [2.24, 2.45) is 0 Å². The SMILES string of the molecule is CCN1CCN(CC(=O)Nc2cc(Oc3ccc(NC)c([N+](=O)[O-])c3)ccn2)CC1. The van der Waals surface area contributed by atoms with Crippen molar-refractivity contribution in [2.45, 2.75) is 6.92 Å². The van der Waals surface area contributed by atoms with Crippen LogP contribution in [0.4, 0.5) is 17.2 Å². The van der Waals surface area contributed by atoms with E-state index in [1.165, 1.54) is 12.3 Å². The predicted octanol–water partition coefficient (Wildman–Crippen LogP) is 2.40. The molecule has 2 aromatic rings. The van der Waals surface area contributed by atoms with Crippen LogP contribution in [0.5, 0.6) is 11.5 Å². The third-order valence-electron chi connectivity index (χ3n) is 4.95. The number of rotatable bonds is 8. The molecule has 1 amide bonds. The van der Waals surface area contributed by atoms with E-state index in [9.17, 15) is 14.9 Å². The van der Waals surface area contributed by atoms with Crippen molar-refractivity contribution >= 4 is 23.1 Å². The molecular weight excluding hydrogens is 388 g/mol.